The van der Waals surface area contributed by atoms with Crippen LogP contribution in [0.1, 0.15) is 0 Å². The third kappa shape index (κ3) is 1.78. The monoisotopic (exact) mass is 275 g/mol. The zero-order valence-corrected chi connectivity index (χ0v) is 9.13. The van der Waals surface area contributed by atoms with E-state index >= 15 is 0 Å². The van der Waals surface area contributed by atoms with E-state index in [2.05, 4.69) is 26.0 Å². The Balaban J connectivity index is 2.52. The first-order valence-corrected chi connectivity index (χ1v) is 4.85. The summed E-state index contributed by atoms with van der Waals surface area (Å²) < 4.78 is 15.4. The molecule has 0 saturated carbocycles. The number of pyridine rings is 1. The van der Waals surface area contributed by atoms with Gasteiger partial charge in [-0.15, -0.1) is 0 Å². The first-order chi connectivity index (χ1) is 6.66. The molecule has 72 valence electrons. The Morgan fingerprint density at radius 2 is 2.21 bits per heavy atom. The van der Waals surface area contributed by atoms with Crippen LogP contribution in [0.3, 0.4) is 0 Å². The van der Waals surface area contributed by atoms with Crippen molar-refractivity contribution in [2.45, 2.75) is 0 Å². The van der Waals surface area contributed by atoms with Gasteiger partial charge < -0.3 is 0 Å². The smallest absolute Gasteiger partial charge is 0.189 e. The van der Waals surface area contributed by atoms with Crippen LogP contribution in [-0.4, -0.2) is 14.8 Å². The predicted octanol–water partition coefficient (Wildman–Crippen LogP) is 2.82. The number of nitrogens with zero attached hydrogens (tertiary/aromatic N) is 3. The normalized spacial score (nSPS) is 10.5. The molecule has 2 rings (SSSR count). The number of hydrogen-bond donors (Lipinski definition) is 0. The minimum atomic E-state index is -0.506. The van der Waals surface area contributed by atoms with Crippen LogP contribution in [0.5, 0.6) is 0 Å². The number of halogens is 3. The summed E-state index contributed by atoms with van der Waals surface area (Å²) in [6.07, 6.45) is 4.53. The van der Waals surface area contributed by atoms with Crippen molar-refractivity contribution >= 4 is 27.5 Å². The van der Waals surface area contributed by atoms with Crippen molar-refractivity contribution in [1.82, 2.24) is 14.8 Å². The van der Waals surface area contributed by atoms with E-state index in [1.807, 2.05) is 0 Å². The molecule has 0 atom stereocenters. The van der Waals surface area contributed by atoms with Gasteiger partial charge in [-0.2, -0.15) is 5.10 Å². The van der Waals surface area contributed by atoms with Crippen LogP contribution in [0.25, 0.3) is 5.82 Å². The molecule has 6 heteroatoms. The van der Waals surface area contributed by atoms with Gasteiger partial charge in [0.25, 0.3) is 0 Å². The summed E-state index contributed by atoms with van der Waals surface area (Å²) in [5.74, 6) is -0.381. The molecule has 0 spiro atoms. The lowest BCUT2D eigenvalue weighted by Gasteiger charge is -2.00. The summed E-state index contributed by atoms with van der Waals surface area (Å²) in [7, 11) is 0. The molecule has 0 aromatic carbocycles. The fourth-order valence-electron chi connectivity index (χ4n) is 0.993. The third-order valence-corrected chi connectivity index (χ3v) is 2.17. The summed E-state index contributed by atoms with van der Waals surface area (Å²) in [4.78, 5) is 3.83. The van der Waals surface area contributed by atoms with Crippen molar-refractivity contribution in [3.8, 4) is 5.82 Å². The number of rotatable bonds is 1. The molecule has 0 aliphatic heterocycles. The second kappa shape index (κ2) is 3.67. The van der Waals surface area contributed by atoms with Gasteiger partial charge >= 0.3 is 0 Å². The largest absolute Gasteiger partial charge is 0.233 e. The second-order valence-corrected chi connectivity index (χ2v) is 3.91. The van der Waals surface area contributed by atoms with E-state index in [1.165, 1.54) is 16.9 Å². The maximum Gasteiger partial charge on any atom is 0.189 e. The van der Waals surface area contributed by atoms with Gasteiger partial charge in [-0.1, -0.05) is 11.6 Å². The quantitative estimate of drug-likeness (QED) is 0.802. The second-order valence-electron chi connectivity index (χ2n) is 2.56. The van der Waals surface area contributed by atoms with Crippen LogP contribution in [0, 0.1) is 5.82 Å². The van der Waals surface area contributed by atoms with Gasteiger partial charge in [0.05, 0.1) is 15.7 Å². The van der Waals surface area contributed by atoms with Crippen molar-refractivity contribution in [2.24, 2.45) is 0 Å². The molecule has 0 radical (unpaired) electrons. The van der Waals surface area contributed by atoms with Gasteiger partial charge in [0.15, 0.2) is 11.6 Å². The Bertz CT molecular complexity index is 471. The summed E-state index contributed by atoms with van der Waals surface area (Å²) in [5, 5.41) is 4.16. The third-order valence-electron chi connectivity index (χ3n) is 1.56. The Hall–Kier alpha value is -0.940. The minimum Gasteiger partial charge on any atom is -0.233 e. The Labute approximate surface area is 92.7 Å². The maximum atomic E-state index is 13.3. The molecular formula is C8H4BrClFN3. The molecule has 2 heterocycles. The van der Waals surface area contributed by atoms with Crippen LogP contribution in [0.15, 0.2) is 29.1 Å². The average molecular weight is 276 g/mol. The lowest BCUT2D eigenvalue weighted by molar-refractivity contribution is 0.600. The van der Waals surface area contributed by atoms with Crippen LogP contribution >= 0.6 is 27.5 Å². The Kier molecular flexibility index (Phi) is 2.52. The average Bonchev–Trinajstić information content (AvgIpc) is 2.51. The zero-order chi connectivity index (χ0) is 10.1. The summed E-state index contributed by atoms with van der Waals surface area (Å²) >= 11 is 8.78. The van der Waals surface area contributed by atoms with Gasteiger partial charge in [0.2, 0.25) is 0 Å². The lowest BCUT2D eigenvalue weighted by Crippen LogP contribution is -2.00. The van der Waals surface area contributed by atoms with Gasteiger partial charge in [-0.05, 0) is 22.0 Å². The molecule has 14 heavy (non-hydrogen) atoms. The van der Waals surface area contributed by atoms with Gasteiger partial charge in [0.1, 0.15) is 0 Å². The molecule has 3 nitrogen and oxygen atoms in total. The van der Waals surface area contributed by atoms with E-state index in [0.717, 1.165) is 4.47 Å². The van der Waals surface area contributed by atoms with E-state index in [1.54, 1.807) is 12.4 Å². The first kappa shape index (κ1) is 9.61. The van der Waals surface area contributed by atoms with Crippen LogP contribution in [0.4, 0.5) is 4.39 Å². The molecule has 0 bridgehead atoms. The first-order valence-electron chi connectivity index (χ1n) is 3.68. The molecule has 2 aromatic heterocycles. The number of aromatic nitrogens is 3. The van der Waals surface area contributed by atoms with Crippen LogP contribution in [0.2, 0.25) is 5.02 Å². The number of hydrogen-bond acceptors (Lipinski definition) is 2. The molecule has 0 amide bonds. The fourth-order valence-corrected chi connectivity index (χ4v) is 1.42. The molecule has 0 aliphatic carbocycles. The van der Waals surface area contributed by atoms with Crippen molar-refractivity contribution in [3.63, 3.8) is 0 Å². The van der Waals surface area contributed by atoms with Crippen molar-refractivity contribution in [2.75, 3.05) is 0 Å². The zero-order valence-electron chi connectivity index (χ0n) is 6.78. The van der Waals surface area contributed by atoms with E-state index in [9.17, 15) is 4.39 Å². The summed E-state index contributed by atoms with van der Waals surface area (Å²) in [6, 6.07) is 1.19. The molecule has 0 fully saturated rings. The van der Waals surface area contributed by atoms with Crippen LogP contribution in [-0.2, 0) is 0 Å². The SMILES string of the molecule is Fc1cc(Cl)cnc1-n1cc(Br)cn1. The van der Waals surface area contributed by atoms with E-state index in [0.29, 0.717) is 0 Å². The van der Waals surface area contributed by atoms with Crippen molar-refractivity contribution in [3.05, 3.63) is 40.0 Å². The predicted molar refractivity (Wildman–Crippen MR) is 54.0 cm³/mol. The molecule has 0 aliphatic rings. The maximum absolute atomic E-state index is 13.3. The van der Waals surface area contributed by atoms with Gasteiger partial charge in [-0.25, -0.2) is 14.1 Å². The topological polar surface area (TPSA) is 30.7 Å². The highest BCUT2D eigenvalue weighted by Crippen LogP contribution is 2.16. The minimum absolute atomic E-state index is 0.125. The highest BCUT2D eigenvalue weighted by atomic mass is 79.9. The summed E-state index contributed by atoms with van der Waals surface area (Å²) in [6.45, 7) is 0. The molecule has 2 aromatic rings. The Morgan fingerprint density at radius 1 is 1.43 bits per heavy atom. The van der Waals surface area contributed by atoms with Crippen LogP contribution < -0.4 is 0 Å². The fraction of sp³-hybridized carbons (Fsp3) is 0. The molecular weight excluding hydrogens is 272 g/mol. The molecule has 0 saturated heterocycles. The van der Waals surface area contributed by atoms with E-state index in [4.69, 9.17) is 11.6 Å². The lowest BCUT2D eigenvalue weighted by atomic mass is 10.4. The van der Waals surface area contributed by atoms with Gasteiger partial charge in [-0.3, -0.25) is 0 Å². The van der Waals surface area contributed by atoms with Gasteiger partial charge in [0, 0.05) is 12.4 Å². The molecule has 0 unspecified atom stereocenters. The summed E-state index contributed by atoms with van der Waals surface area (Å²) in [5.41, 5.74) is 0. The highest BCUT2D eigenvalue weighted by Gasteiger charge is 2.07. The van der Waals surface area contributed by atoms with E-state index < -0.39 is 5.82 Å². The van der Waals surface area contributed by atoms with Crippen molar-refractivity contribution in [1.29, 1.82) is 0 Å². The standard InChI is InChI=1S/C8H4BrClFN3/c9-5-2-13-14(4-5)8-7(11)1-6(10)3-12-8/h1-4H. The Morgan fingerprint density at radius 3 is 2.79 bits per heavy atom. The highest BCUT2D eigenvalue weighted by molar-refractivity contribution is 9.10. The van der Waals surface area contributed by atoms with Crippen molar-refractivity contribution < 1.29 is 4.39 Å². The van der Waals surface area contributed by atoms with E-state index in [-0.39, 0.29) is 10.8 Å². The molecule has 0 N–H and O–H groups in total.